The highest BCUT2D eigenvalue weighted by molar-refractivity contribution is 6.46. The lowest BCUT2D eigenvalue weighted by molar-refractivity contribution is -0.140. The van der Waals surface area contributed by atoms with E-state index in [1.54, 1.807) is 54.6 Å². The minimum Gasteiger partial charge on any atom is -0.507 e. The van der Waals surface area contributed by atoms with Crippen LogP contribution in [0, 0.1) is 6.92 Å². The number of ketones is 1. The summed E-state index contributed by atoms with van der Waals surface area (Å²) >= 11 is 0. The van der Waals surface area contributed by atoms with E-state index in [0.717, 1.165) is 12.0 Å². The van der Waals surface area contributed by atoms with Gasteiger partial charge in [0, 0.05) is 12.1 Å². The van der Waals surface area contributed by atoms with Crippen LogP contribution in [-0.4, -0.2) is 46.5 Å². The lowest BCUT2D eigenvalue weighted by Gasteiger charge is -2.25. The van der Waals surface area contributed by atoms with Crippen LogP contribution in [-0.2, 0) is 16.1 Å². The number of rotatable bonds is 9. The minimum absolute atomic E-state index is 0.0241. The molecule has 196 valence electrons. The van der Waals surface area contributed by atoms with Crippen LogP contribution in [0.15, 0.2) is 72.3 Å². The van der Waals surface area contributed by atoms with Crippen molar-refractivity contribution < 1.29 is 34.1 Å². The maximum absolute atomic E-state index is 13.3. The van der Waals surface area contributed by atoms with Crippen molar-refractivity contribution in [2.75, 3.05) is 13.7 Å². The Bertz CT molecular complexity index is 1390. The average molecular weight is 516 g/mol. The predicted octanol–water partition coefficient (Wildman–Crippen LogP) is 5.11. The molecule has 3 aromatic carbocycles. The molecule has 1 saturated heterocycles. The summed E-state index contributed by atoms with van der Waals surface area (Å²) in [6, 6.07) is 17.3. The van der Waals surface area contributed by atoms with Crippen LogP contribution in [0.3, 0.4) is 0 Å². The molecule has 2 N–H and O–H groups in total. The molecule has 1 aliphatic rings. The van der Waals surface area contributed by atoms with Crippen molar-refractivity contribution in [2.45, 2.75) is 32.9 Å². The summed E-state index contributed by atoms with van der Waals surface area (Å²) < 4.78 is 11.0. The molecular weight excluding hydrogens is 486 g/mol. The predicted molar refractivity (Wildman–Crippen MR) is 141 cm³/mol. The first-order valence-electron chi connectivity index (χ1n) is 12.2. The zero-order chi connectivity index (χ0) is 27.4. The molecule has 3 aromatic rings. The van der Waals surface area contributed by atoms with Gasteiger partial charge in [0.05, 0.1) is 30.9 Å². The Morgan fingerprint density at radius 2 is 1.61 bits per heavy atom. The van der Waals surface area contributed by atoms with Gasteiger partial charge < -0.3 is 24.6 Å². The molecule has 1 unspecified atom stereocenters. The highest BCUT2D eigenvalue weighted by Crippen LogP contribution is 2.41. The highest BCUT2D eigenvalue weighted by atomic mass is 16.5. The zero-order valence-electron chi connectivity index (χ0n) is 21.4. The van der Waals surface area contributed by atoms with E-state index in [2.05, 4.69) is 0 Å². The number of methoxy groups -OCH3 is 1. The van der Waals surface area contributed by atoms with Crippen LogP contribution in [0.25, 0.3) is 5.76 Å². The number of likely N-dealkylation sites (tertiary alicyclic amines) is 1. The summed E-state index contributed by atoms with van der Waals surface area (Å²) in [5.41, 5.74) is 2.54. The second-order valence-corrected chi connectivity index (χ2v) is 9.03. The SMILES string of the molecule is CCCOc1ccc(/C(O)=C2/C(=O)C(=O)N(Cc3ccc(C(=O)O)cc3)C2c2ccc(OC)cc2)cc1C. The van der Waals surface area contributed by atoms with Gasteiger partial charge in [-0.05, 0) is 72.5 Å². The van der Waals surface area contributed by atoms with Crippen molar-refractivity contribution >= 4 is 23.4 Å². The molecule has 0 bridgehead atoms. The van der Waals surface area contributed by atoms with Gasteiger partial charge in [0.2, 0.25) is 0 Å². The first-order valence-corrected chi connectivity index (χ1v) is 12.2. The Kier molecular flexibility index (Phi) is 7.81. The Morgan fingerprint density at radius 1 is 0.947 bits per heavy atom. The summed E-state index contributed by atoms with van der Waals surface area (Å²) in [6.07, 6.45) is 0.853. The summed E-state index contributed by atoms with van der Waals surface area (Å²) in [7, 11) is 1.54. The summed E-state index contributed by atoms with van der Waals surface area (Å²) in [5, 5.41) is 20.6. The van der Waals surface area contributed by atoms with E-state index >= 15 is 0 Å². The Balaban J connectivity index is 1.79. The fourth-order valence-electron chi connectivity index (χ4n) is 4.45. The normalized spacial score (nSPS) is 16.5. The number of carboxylic acids is 1. The number of aliphatic hydroxyl groups excluding tert-OH is 1. The van der Waals surface area contributed by atoms with Gasteiger partial charge in [0.15, 0.2) is 0 Å². The number of aryl methyl sites for hydroxylation is 1. The van der Waals surface area contributed by atoms with Gasteiger partial charge in [-0.25, -0.2) is 4.79 Å². The van der Waals surface area contributed by atoms with Gasteiger partial charge >= 0.3 is 5.97 Å². The van der Waals surface area contributed by atoms with Gasteiger partial charge in [-0.1, -0.05) is 31.2 Å². The summed E-state index contributed by atoms with van der Waals surface area (Å²) in [4.78, 5) is 39.2. The third kappa shape index (κ3) is 5.25. The molecular formula is C30H29NO7. The standard InChI is InChI=1S/C30H29NO7/c1-4-15-38-24-14-11-22(16-18(24)2)27(32)25-26(20-9-12-23(37-3)13-10-20)31(29(34)28(25)33)17-19-5-7-21(8-6-19)30(35)36/h5-14,16,26,32H,4,15,17H2,1-3H3,(H,35,36)/b27-25-. The maximum Gasteiger partial charge on any atom is 0.335 e. The molecule has 0 spiro atoms. The Hall–Kier alpha value is -4.59. The van der Waals surface area contributed by atoms with Crippen molar-refractivity contribution in [2.24, 2.45) is 0 Å². The number of carbonyl (C=O) groups excluding carboxylic acids is 2. The average Bonchev–Trinajstić information content (AvgIpc) is 3.17. The van der Waals surface area contributed by atoms with Gasteiger partial charge in [0.25, 0.3) is 11.7 Å². The van der Waals surface area contributed by atoms with Gasteiger partial charge in [-0.2, -0.15) is 0 Å². The second-order valence-electron chi connectivity index (χ2n) is 9.03. The van der Waals surface area contributed by atoms with E-state index in [-0.39, 0.29) is 23.4 Å². The van der Waals surface area contributed by atoms with E-state index in [1.165, 1.54) is 24.1 Å². The molecule has 1 heterocycles. The second kappa shape index (κ2) is 11.2. The van der Waals surface area contributed by atoms with Crippen molar-refractivity contribution in [3.63, 3.8) is 0 Å². The number of hydrogen-bond acceptors (Lipinski definition) is 6. The van der Waals surface area contributed by atoms with Crippen molar-refractivity contribution in [3.8, 4) is 11.5 Å². The number of carbonyl (C=O) groups is 3. The molecule has 0 aliphatic carbocycles. The first-order chi connectivity index (χ1) is 18.2. The molecule has 0 radical (unpaired) electrons. The van der Waals surface area contributed by atoms with Crippen LogP contribution < -0.4 is 9.47 Å². The molecule has 8 heteroatoms. The van der Waals surface area contributed by atoms with Gasteiger partial charge in [0.1, 0.15) is 17.3 Å². The van der Waals surface area contributed by atoms with E-state index in [9.17, 15) is 24.6 Å². The Labute approximate surface area is 220 Å². The largest absolute Gasteiger partial charge is 0.507 e. The lowest BCUT2D eigenvalue weighted by Crippen LogP contribution is -2.29. The number of ether oxygens (including phenoxy) is 2. The smallest absolute Gasteiger partial charge is 0.335 e. The van der Waals surface area contributed by atoms with E-state index < -0.39 is 23.7 Å². The molecule has 1 aliphatic heterocycles. The number of amides is 1. The number of Topliss-reactive ketones (excluding diaryl/α,β-unsaturated/α-hetero) is 1. The van der Waals surface area contributed by atoms with E-state index in [1.807, 2.05) is 13.8 Å². The Morgan fingerprint density at radius 3 is 2.18 bits per heavy atom. The number of nitrogens with zero attached hydrogens (tertiary/aromatic N) is 1. The van der Waals surface area contributed by atoms with Crippen LogP contribution in [0.4, 0.5) is 0 Å². The molecule has 4 rings (SSSR count). The number of carboxylic acid groups (broad SMARTS) is 1. The monoisotopic (exact) mass is 515 g/mol. The van der Waals surface area contributed by atoms with Crippen molar-refractivity contribution in [1.82, 2.24) is 4.90 Å². The quantitative estimate of drug-likeness (QED) is 0.231. The fraction of sp³-hybridized carbons (Fsp3) is 0.233. The molecule has 1 atom stereocenters. The summed E-state index contributed by atoms with van der Waals surface area (Å²) in [6.45, 7) is 4.46. The fourth-order valence-corrected chi connectivity index (χ4v) is 4.45. The number of benzene rings is 3. The lowest BCUT2D eigenvalue weighted by atomic mass is 9.94. The van der Waals surface area contributed by atoms with Crippen molar-refractivity contribution in [1.29, 1.82) is 0 Å². The molecule has 1 fully saturated rings. The molecule has 1 amide bonds. The third-order valence-electron chi connectivity index (χ3n) is 6.44. The number of aliphatic hydroxyl groups is 1. The van der Waals surface area contributed by atoms with Crippen LogP contribution in [0.2, 0.25) is 0 Å². The van der Waals surface area contributed by atoms with E-state index in [0.29, 0.717) is 34.8 Å². The van der Waals surface area contributed by atoms with Crippen LogP contribution >= 0.6 is 0 Å². The molecule has 8 nitrogen and oxygen atoms in total. The van der Waals surface area contributed by atoms with Crippen molar-refractivity contribution in [3.05, 3.63) is 100 Å². The maximum atomic E-state index is 13.3. The third-order valence-corrected chi connectivity index (χ3v) is 6.44. The topological polar surface area (TPSA) is 113 Å². The first kappa shape index (κ1) is 26.5. The zero-order valence-corrected chi connectivity index (χ0v) is 21.4. The van der Waals surface area contributed by atoms with E-state index in [4.69, 9.17) is 9.47 Å². The summed E-state index contributed by atoms with van der Waals surface area (Å²) in [5.74, 6) is -1.60. The van der Waals surface area contributed by atoms with Crippen LogP contribution in [0.5, 0.6) is 11.5 Å². The van der Waals surface area contributed by atoms with Gasteiger partial charge in [-0.15, -0.1) is 0 Å². The van der Waals surface area contributed by atoms with Gasteiger partial charge in [-0.3, -0.25) is 9.59 Å². The van der Waals surface area contributed by atoms with Crippen LogP contribution in [0.1, 0.15) is 52.0 Å². The molecule has 0 aromatic heterocycles. The number of aromatic carboxylic acids is 1. The minimum atomic E-state index is -1.06. The molecule has 38 heavy (non-hydrogen) atoms. The number of hydrogen-bond donors (Lipinski definition) is 2. The molecule has 0 saturated carbocycles. The highest BCUT2D eigenvalue weighted by Gasteiger charge is 2.46.